The Labute approximate surface area is 178 Å². The summed E-state index contributed by atoms with van der Waals surface area (Å²) in [5.74, 6) is 2.27. The van der Waals surface area contributed by atoms with Crippen molar-refractivity contribution in [1.82, 2.24) is 14.9 Å². The van der Waals surface area contributed by atoms with Gasteiger partial charge in [-0.05, 0) is 38.1 Å². The molecule has 0 radical (unpaired) electrons. The fourth-order valence-corrected chi connectivity index (χ4v) is 3.83. The lowest BCUT2D eigenvalue weighted by Gasteiger charge is -2.29. The van der Waals surface area contributed by atoms with Gasteiger partial charge < -0.3 is 24.2 Å². The van der Waals surface area contributed by atoms with Crippen LogP contribution in [0.4, 0.5) is 5.82 Å². The van der Waals surface area contributed by atoms with Crippen LogP contribution in [0.1, 0.15) is 17.7 Å². The van der Waals surface area contributed by atoms with E-state index < -0.39 is 5.60 Å². The summed E-state index contributed by atoms with van der Waals surface area (Å²) in [5, 5.41) is 11.1. The molecule has 2 aromatic rings. The Morgan fingerprint density at radius 1 is 1.17 bits per heavy atom. The smallest absolute Gasteiger partial charge is 0.161 e. The van der Waals surface area contributed by atoms with E-state index in [0.29, 0.717) is 50.8 Å². The third kappa shape index (κ3) is 5.81. The van der Waals surface area contributed by atoms with Gasteiger partial charge in [-0.2, -0.15) is 0 Å². The van der Waals surface area contributed by atoms with Crippen LogP contribution in [0.25, 0.3) is 0 Å². The number of aryl methyl sites for hydroxylation is 1. The van der Waals surface area contributed by atoms with Gasteiger partial charge in [0.2, 0.25) is 0 Å². The quantitative estimate of drug-likeness (QED) is 0.588. The monoisotopic (exact) mass is 416 g/mol. The molecule has 0 bridgehead atoms. The second kappa shape index (κ2) is 10.1. The van der Waals surface area contributed by atoms with Crippen LogP contribution in [0.3, 0.4) is 0 Å². The van der Waals surface area contributed by atoms with Crippen molar-refractivity contribution in [2.45, 2.75) is 25.5 Å². The highest BCUT2D eigenvalue weighted by Gasteiger charge is 2.37. The van der Waals surface area contributed by atoms with Crippen molar-refractivity contribution in [2.75, 3.05) is 59.0 Å². The largest absolute Gasteiger partial charge is 0.493 e. The van der Waals surface area contributed by atoms with Crippen LogP contribution in [-0.4, -0.2) is 79.7 Å². The van der Waals surface area contributed by atoms with Gasteiger partial charge in [0.15, 0.2) is 11.5 Å². The highest BCUT2D eigenvalue weighted by molar-refractivity contribution is 5.43. The minimum absolute atomic E-state index is 0.463. The first kappa shape index (κ1) is 22.3. The summed E-state index contributed by atoms with van der Waals surface area (Å²) < 4.78 is 16.2. The lowest BCUT2D eigenvalue weighted by Crippen LogP contribution is -2.43. The Morgan fingerprint density at radius 2 is 2.00 bits per heavy atom. The summed E-state index contributed by atoms with van der Waals surface area (Å²) in [4.78, 5) is 12.8. The molecule has 1 saturated heterocycles. The third-order valence-corrected chi connectivity index (χ3v) is 5.24. The van der Waals surface area contributed by atoms with Crippen molar-refractivity contribution in [3.63, 3.8) is 0 Å². The minimum atomic E-state index is -0.780. The van der Waals surface area contributed by atoms with Crippen molar-refractivity contribution in [3.8, 4) is 11.5 Å². The van der Waals surface area contributed by atoms with Gasteiger partial charge in [0.1, 0.15) is 18.8 Å². The molecule has 1 aromatic carbocycles. The highest BCUT2D eigenvalue weighted by atomic mass is 16.5. The van der Waals surface area contributed by atoms with Gasteiger partial charge in [-0.1, -0.05) is 6.07 Å². The number of rotatable bonds is 10. The number of hydrogen-bond donors (Lipinski definition) is 1. The average Bonchev–Trinajstić information content (AvgIpc) is 3.10. The van der Waals surface area contributed by atoms with Crippen LogP contribution in [0, 0.1) is 6.92 Å². The Hall–Kier alpha value is -2.42. The second-order valence-corrected chi connectivity index (χ2v) is 7.91. The number of hydrogen-bond acceptors (Lipinski definition) is 8. The maximum atomic E-state index is 11.1. The molecule has 3 rings (SSSR count). The molecular formula is C22H32N4O4. The number of β-amino-alcohol motifs (C(OH)–C–C–N with tert-alkyl or cyclic N) is 1. The van der Waals surface area contributed by atoms with Crippen molar-refractivity contribution in [2.24, 2.45) is 0 Å². The molecule has 1 atom stereocenters. The van der Waals surface area contributed by atoms with Crippen molar-refractivity contribution in [1.29, 1.82) is 0 Å². The van der Waals surface area contributed by atoms with E-state index in [1.165, 1.54) is 0 Å². The molecule has 1 N–H and O–H groups in total. The van der Waals surface area contributed by atoms with Crippen LogP contribution in [0.15, 0.2) is 30.6 Å². The number of anilines is 1. The molecule has 2 heterocycles. The Balaban J connectivity index is 1.59. The first-order valence-corrected chi connectivity index (χ1v) is 10.2. The van der Waals surface area contributed by atoms with Gasteiger partial charge in [0.05, 0.1) is 19.3 Å². The SMILES string of the molecule is COCCOc1cc(CN(C)C[C@]2(O)CCN(c3cc(C)ncn3)C2)ccc1OC. The fourth-order valence-electron chi connectivity index (χ4n) is 3.83. The molecular weight excluding hydrogens is 384 g/mol. The molecule has 1 aliphatic heterocycles. The molecule has 30 heavy (non-hydrogen) atoms. The van der Waals surface area contributed by atoms with Crippen LogP contribution in [0.2, 0.25) is 0 Å². The van der Waals surface area contributed by atoms with Gasteiger partial charge >= 0.3 is 0 Å². The van der Waals surface area contributed by atoms with Crippen molar-refractivity contribution in [3.05, 3.63) is 41.9 Å². The predicted molar refractivity (Wildman–Crippen MR) is 115 cm³/mol. The molecule has 0 aliphatic carbocycles. The zero-order valence-electron chi connectivity index (χ0n) is 18.3. The van der Waals surface area contributed by atoms with Crippen LogP contribution >= 0.6 is 0 Å². The summed E-state index contributed by atoms with van der Waals surface area (Å²) in [6.45, 7) is 5.53. The lowest BCUT2D eigenvalue weighted by molar-refractivity contribution is 0.0279. The van der Waals surface area contributed by atoms with E-state index >= 15 is 0 Å². The number of benzene rings is 1. The molecule has 0 unspecified atom stereocenters. The number of nitrogens with zero attached hydrogens (tertiary/aromatic N) is 4. The summed E-state index contributed by atoms with van der Waals surface area (Å²) in [7, 11) is 5.29. The second-order valence-electron chi connectivity index (χ2n) is 7.91. The topological polar surface area (TPSA) is 80.2 Å². The van der Waals surface area contributed by atoms with Gasteiger partial charge in [0.25, 0.3) is 0 Å². The molecule has 0 spiro atoms. The maximum absolute atomic E-state index is 11.1. The normalized spacial score (nSPS) is 18.8. The number of aliphatic hydroxyl groups is 1. The zero-order chi connectivity index (χ0) is 21.6. The Bertz CT molecular complexity index is 835. The van der Waals surface area contributed by atoms with E-state index in [0.717, 1.165) is 23.6 Å². The van der Waals surface area contributed by atoms with Crippen molar-refractivity contribution >= 4 is 5.82 Å². The van der Waals surface area contributed by atoms with E-state index in [1.807, 2.05) is 38.2 Å². The lowest BCUT2D eigenvalue weighted by atomic mass is 10.0. The van der Waals surface area contributed by atoms with Gasteiger partial charge in [0, 0.05) is 45.0 Å². The standard InChI is InChI=1S/C22H32N4O4/c1-17-11-21(24-16-23-17)26-8-7-22(27,15-26)14-25(2)13-18-5-6-19(29-4)20(12-18)30-10-9-28-3/h5-6,11-12,16,27H,7-10,13-15H2,1-4H3/t22-/m1/s1. The molecule has 164 valence electrons. The minimum Gasteiger partial charge on any atom is -0.493 e. The highest BCUT2D eigenvalue weighted by Crippen LogP contribution is 2.30. The van der Waals surface area contributed by atoms with Gasteiger partial charge in [-0.3, -0.25) is 4.90 Å². The van der Waals surface area contributed by atoms with Crippen LogP contribution < -0.4 is 14.4 Å². The molecule has 1 aromatic heterocycles. The summed E-state index contributed by atoms with van der Waals surface area (Å²) in [6, 6.07) is 7.87. The first-order chi connectivity index (χ1) is 14.4. The number of likely N-dealkylation sites (N-methyl/N-ethyl adjacent to an activating group) is 1. The average molecular weight is 417 g/mol. The zero-order valence-corrected chi connectivity index (χ0v) is 18.3. The number of methoxy groups -OCH3 is 2. The Morgan fingerprint density at radius 3 is 2.73 bits per heavy atom. The molecule has 0 saturated carbocycles. The molecule has 8 nitrogen and oxygen atoms in total. The number of ether oxygens (including phenoxy) is 3. The maximum Gasteiger partial charge on any atom is 0.161 e. The van der Waals surface area contributed by atoms with Gasteiger partial charge in [-0.25, -0.2) is 9.97 Å². The number of aromatic nitrogens is 2. The molecule has 0 amide bonds. The summed E-state index contributed by atoms with van der Waals surface area (Å²) >= 11 is 0. The fraction of sp³-hybridized carbons (Fsp3) is 0.545. The van der Waals surface area contributed by atoms with E-state index in [9.17, 15) is 5.11 Å². The van der Waals surface area contributed by atoms with E-state index in [4.69, 9.17) is 14.2 Å². The molecule has 1 aliphatic rings. The third-order valence-electron chi connectivity index (χ3n) is 5.24. The summed E-state index contributed by atoms with van der Waals surface area (Å²) in [5.41, 5.74) is 1.24. The van der Waals surface area contributed by atoms with Crippen LogP contribution in [-0.2, 0) is 11.3 Å². The first-order valence-electron chi connectivity index (χ1n) is 10.2. The van der Waals surface area contributed by atoms with E-state index in [1.54, 1.807) is 20.5 Å². The van der Waals surface area contributed by atoms with E-state index in [2.05, 4.69) is 19.8 Å². The van der Waals surface area contributed by atoms with Crippen LogP contribution in [0.5, 0.6) is 11.5 Å². The summed E-state index contributed by atoms with van der Waals surface area (Å²) in [6.07, 6.45) is 2.28. The molecule has 8 heteroatoms. The predicted octanol–water partition coefficient (Wildman–Crippen LogP) is 1.89. The van der Waals surface area contributed by atoms with E-state index in [-0.39, 0.29) is 0 Å². The molecule has 1 fully saturated rings. The van der Waals surface area contributed by atoms with Gasteiger partial charge in [-0.15, -0.1) is 0 Å². The Kier molecular flexibility index (Phi) is 7.47. The van der Waals surface area contributed by atoms with Crippen molar-refractivity contribution < 1.29 is 19.3 Å².